The van der Waals surface area contributed by atoms with E-state index in [-0.39, 0.29) is 0 Å². The number of methoxy groups -OCH3 is 1. The van der Waals surface area contributed by atoms with Gasteiger partial charge in [-0.1, -0.05) is 36.4 Å². The van der Waals surface area contributed by atoms with Crippen molar-refractivity contribution in [2.24, 2.45) is 4.99 Å². The van der Waals surface area contributed by atoms with Crippen molar-refractivity contribution in [3.8, 4) is 5.75 Å². The Kier molecular flexibility index (Phi) is 9.18. The number of hydrogen-bond donors (Lipinski definition) is 2. The van der Waals surface area contributed by atoms with Gasteiger partial charge in [0, 0.05) is 52.4 Å². The minimum Gasteiger partial charge on any atom is -0.491 e. The van der Waals surface area contributed by atoms with Gasteiger partial charge in [-0.15, -0.1) is 0 Å². The largest absolute Gasteiger partial charge is 0.491 e. The van der Waals surface area contributed by atoms with E-state index in [4.69, 9.17) is 9.47 Å². The van der Waals surface area contributed by atoms with Gasteiger partial charge in [-0.25, -0.2) is 0 Å². The summed E-state index contributed by atoms with van der Waals surface area (Å²) in [5, 5.41) is 6.83. The van der Waals surface area contributed by atoms with Gasteiger partial charge in [0.05, 0.1) is 6.61 Å². The number of benzene rings is 2. The molecule has 0 amide bonds. The van der Waals surface area contributed by atoms with Crippen molar-refractivity contribution in [3.63, 3.8) is 0 Å². The molecule has 1 heterocycles. The average Bonchev–Trinajstić information content (AvgIpc) is 2.79. The molecule has 0 aromatic heterocycles. The summed E-state index contributed by atoms with van der Waals surface area (Å²) in [5.74, 6) is 1.71. The highest BCUT2D eigenvalue weighted by Crippen LogP contribution is 2.20. The van der Waals surface area contributed by atoms with Crippen LogP contribution in [-0.4, -0.2) is 57.9 Å². The molecule has 0 bridgehead atoms. The van der Waals surface area contributed by atoms with Gasteiger partial charge in [-0.3, -0.25) is 9.89 Å². The molecular formula is C25H36N4O2. The highest BCUT2D eigenvalue weighted by Gasteiger charge is 2.15. The molecule has 1 aliphatic rings. The van der Waals surface area contributed by atoms with Crippen LogP contribution in [0.15, 0.2) is 47.5 Å². The van der Waals surface area contributed by atoms with E-state index < -0.39 is 0 Å². The number of hydrogen-bond acceptors (Lipinski definition) is 4. The first kappa shape index (κ1) is 23.1. The van der Waals surface area contributed by atoms with Crippen molar-refractivity contribution in [1.29, 1.82) is 0 Å². The second kappa shape index (κ2) is 12.3. The van der Waals surface area contributed by atoms with Crippen molar-refractivity contribution in [3.05, 3.63) is 64.7 Å². The molecule has 2 aromatic carbocycles. The molecule has 168 valence electrons. The van der Waals surface area contributed by atoms with Gasteiger partial charge >= 0.3 is 0 Å². The molecular weight excluding hydrogens is 388 g/mol. The molecule has 2 N–H and O–H groups in total. The van der Waals surface area contributed by atoms with Gasteiger partial charge in [0.25, 0.3) is 0 Å². The lowest BCUT2D eigenvalue weighted by Gasteiger charge is -2.28. The third-order valence-corrected chi connectivity index (χ3v) is 5.59. The summed E-state index contributed by atoms with van der Waals surface area (Å²) in [7, 11) is 3.49. The van der Waals surface area contributed by atoms with Crippen LogP contribution < -0.4 is 15.4 Å². The van der Waals surface area contributed by atoms with E-state index in [0.29, 0.717) is 19.8 Å². The predicted octanol–water partition coefficient (Wildman–Crippen LogP) is 3.13. The molecule has 6 nitrogen and oxygen atoms in total. The van der Waals surface area contributed by atoms with Gasteiger partial charge in [0.1, 0.15) is 12.4 Å². The van der Waals surface area contributed by atoms with E-state index in [2.05, 4.69) is 69.9 Å². The Morgan fingerprint density at radius 2 is 1.94 bits per heavy atom. The first-order valence-electron chi connectivity index (χ1n) is 11.1. The summed E-state index contributed by atoms with van der Waals surface area (Å²) < 4.78 is 11.0. The summed E-state index contributed by atoms with van der Waals surface area (Å²) in [5.41, 5.74) is 5.26. The number of ether oxygens (including phenoxy) is 2. The standard InChI is InChI=1S/C25H36N4O2/c1-20-9-10-22(24(17-20)31-16-15-30-3)18-28-25(26-2)27-12-6-13-29-14-11-21-7-4-5-8-23(21)19-29/h4-5,7-10,17H,6,11-16,18-19H2,1-3H3,(H2,26,27,28). The third-order valence-electron chi connectivity index (χ3n) is 5.59. The lowest BCUT2D eigenvalue weighted by Crippen LogP contribution is -2.39. The molecule has 0 saturated heterocycles. The zero-order valence-corrected chi connectivity index (χ0v) is 19.1. The molecule has 0 spiro atoms. The van der Waals surface area contributed by atoms with Crippen LogP contribution in [0, 0.1) is 6.92 Å². The summed E-state index contributed by atoms with van der Waals surface area (Å²) in [6, 6.07) is 15.1. The number of nitrogens with one attached hydrogen (secondary N) is 2. The minimum absolute atomic E-state index is 0.543. The van der Waals surface area contributed by atoms with Crippen LogP contribution >= 0.6 is 0 Å². The maximum Gasteiger partial charge on any atom is 0.191 e. The Morgan fingerprint density at radius 3 is 2.74 bits per heavy atom. The van der Waals surface area contributed by atoms with E-state index >= 15 is 0 Å². The van der Waals surface area contributed by atoms with Crippen LogP contribution in [0.1, 0.15) is 28.7 Å². The Bertz CT molecular complexity index is 853. The maximum absolute atomic E-state index is 5.88. The van der Waals surface area contributed by atoms with Crippen molar-refractivity contribution < 1.29 is 9.47 Å². The number of aryl methyl sites for hydroxylation is 1. The maximum atomic E-state index is 5.88. The zero-order valence-electron chi connectivity index (χ0n) is 19.1. The van der Waals surface area contributed by atoms with Crippen LogP contribution in [0.2, 0.25) is 0 Å². The average molecular weight is 425 g/mol. The second-order valence-corrected chi connectivity index (χ2v) is 7.95. The van der Waals surface area contributed by atoms with Gasteiger partial charge in [-0.2, -0.15) is 0 Å². The molecule has 0 fully saturated rings. The van der Waals surface area contributed by atoms with Gasteiger partial charge in [0.15, 0.2) is 5.96 Å². The molecule has 0 radical (unpaired) electrons. The Labute approximate surface area is 186 Å². The molecule has 1 aliphatic heterocycles. The van der Waals surface area contributed by atoms with Crippen LogP contribution in [0.4, 0.5) is 0 Å². The molecule has 31 heavy (non-hydrogen) atoms. The van der Waals surface area contributed by atoms with Crippen molar-refractivity contribution in [2.45, 2.75) is 32.9 Å². The zero-order chi connectivity index (χ0) is 21.9. The van der Waals surface area contributed by atoms with Crippen LogP contribution in [-0.2, 0) is 24.2 Å². The minimum atomic E-state index is 0.543. The summed E-state index contributed by atoms with van der Waals surface area (Å²) in [6.45, 7) is 8.03. The van der Waals surface area contributed by atoms with Gasteiger partial charge in [-0.05, 0) is 42.5 Å². The number of aliphatic imine (C=N–C) groups is 1. The SMILES string of the molecule is CN=C(NCCCN1CCc2ccccc2C1)NCc1ccc(C)cc1OCCOC. The normalized spacial score (nSPS) is 14.2. The van der Waals surface area contributed by atoms with E-state index in [1.54, 1.807) is 7.11 Å². The second-order valence-electron chi connectivity index (χ2n) is 7.95. The van der Waals surface area contributed by atoms with E-state index in [1.165, 1.54) is 16.7 Å². The first-order chi connectivity index (χ1) is 15.2. The molecule has 0 atom stereocenters. The van der Waals surface area contributed by atoms with Crippen LogP contribution in [0.5, 0.6) is 5.75 Å². The fraction of sp³-hybridized carbons (Fsp3) is 0.480. The summed E-state index contributed by atoms with van der Waals surface area (Å²) in [6.07, 6.45) is 2.23. The smallest absolute Gasteiger partial charge is 0.191 e. The fourth-order valence-electron chi connectivity index (χ4n) is 3.83. The number of nitrogens with zero attached hydrogens (tertiary/aromatic N) is 2. The van der Waals surface area contributed by atoms with Crippen molar-refractivity contribution in [1.82, 2.24) is 15.5 Å². The van der Waals surface area contributed by atoms with Crippen molar-refractivity contribution in [2.75, 3.05) is 47.0 Å². The Balaban J connectivity index is 1.40. The predicted molar refractivity (Wildman–Crippen MR) is 127 cm³/mol. The lowest BCUT2D eigenvalue weighted by molar-refractivity contribution is 0.145. The van der Waals surface area contributed by atoms with Gasteiger partial charge < -0.3 is 20.1 Å². The van der Waals surface area contributed by atoms with Crippen molar-refractivity contribution >= 4 is 5.96 Å². The molecule has 2 aromatic rings. The lowest BCUT2D eigenvalue weighted by atomic mass is 10.00. The highest BCUT2D eigenvalue weighted by molar-refractivity contribution is 5.79. The number of fused-ring (bicyclic) bond motifs is 1. The molecule has 0 aliphatic carbocycles. The summed E-state index contributed by atoms with van der Waals surface area (Å²) in [4.78, 5) is 6.90. The van der Waals surface area contributed by atoms with E-state index in [9.17, 15) is 0 Å². The monoisotopic (exact) mass is 424 g/mol. The first-order valence-corrected chi connectivity index (χ1v) is 11.1. The Morgan fingerprint density at radius 1 is 1.10 bits per heavy atom. The van der Waals surface area contributed by atoms with E-state index in [0.717, 1.165) is 56.3 Å². The number of rotatable bonds is 10. The fourth-order valence-corrected chi connectivity index (χ4v) is 3.83. The summed E-state index contributed by atoms with van der Waals surface area (Å²) >= 11 is 0. The Hall–Kier alpha value is -2.57. The van der Waals surface area contributed by atoms with Crippen LogP contribution in [0.25, 0.3) is 0 Å². The van der Waals surface area contributed by atoms with E-state index in [1.807, 2.05) is 7.05 Å². The van der Waals surface area contributed by atoms with Gasteiger partial charge in [0.2, 0.25) is 0 Å². The number of guanidine groups is 1. The highest BCUT2D eigenvalue weighted by atomic mass is 16.5. The molecule has 3 rings (SSSR count). The molecule has 6 heteroatoms. The molecule has 0 saturated carbocycles. The quantitative estimate of drug-likeness (QED) is 0.349. The molecule has 0 unspecified atom stereocenters. The third kappa shape index (κ3) is 7.26. The topological polar surface area (TPSA) is 58.1 Å². The van der Waals surface area contributed by atoms with Crippen LogP contribution in [0.3, 0.4) is 0 Å².